The summed E-state index contributed by atoms with van der Waals surface area (Å²) in [5.74, 6) is -1.25. The summed E-state index contributed by atoms with van der Waals surface area (Å²) in [7, 11) is 0. The first-order valence-corrected chi connectivity index (χ1v) is 4.99. The summed E-state index contributed by atoms with van der Waals surface area (Å²) < 4.78 is 50.7. The van der Waals surface area contributed by atoms with Crippen LogP contribution in [0.25, 0.3) is 0 Å². The fourth-order valence-electron chi connectivity index (χ4n) is 1.52. The van der Waals surface area contributed by atoms with Gasteiger partial charge in [-0.3, -0.25) is 0 Å². The highest BCUT2D eigenvalue weighted by molar-refractivity contribution is 5.85. The lowest BCUT2D eigenvalue weighted by atomic mass is 10.00. The molecule has 0 aliphatic carbocycles. The van der Waals surface area contributed by atoms with Crippen LogP contribution in [0.3, 0.4) is 0 Å². The van der Waals surface area contributed by atoms with Crippen LogP contribution in [0.5, 0.6) is 0 Å². The molecule has 1 aromatic carbocycles. The van der Waals surface area contributed by atoms with Gasteiger partial charge in [0.05, 0.1) is 5.56 Å². The molecule has 0 spiro atoms. The van der Waals surface area contributed by atoms with Crippen LogP contribution in [0.15, 0.2) is 18.2 Å². The molecule has 0 heterocycles. The van der Waals surface area contributed by atoms with Gasteiger partial charge in [-0.1, -0.05) is 25.5 Å². The van der Waals surface area contributed by atoms with Gasteiger partial charge >= 0.3 is 6.18 Å². The molecule has 0 saturated heterocycles. The quantitative estimate of drug-likeness (QED) is 0.824. The van der Waals surface area contributed by atoms with E-state index in [0.717, 1.165) is 6.07 Å². The van der Waals surface area contributed by atoms with Crippen LogP contribution in [-0.2, 0) is 6.18 Å². The van der Waals surface area contributed by atoms with E-state index in [4.69, 9.17) is 5.73 Å². The number of nitrogens with two attached hydrogens (primary N) is 1. The van der Waals surface area contributed by atoms with Gasteiger partial charge in [-0.05, 0) is 12.5 Å². The average Bonchev–Trinajstić information content (AvgIpc) is 2.16. The molecule has 17 heavy (non-hydrogen) atoms. The highest BCUT2D eigenvalue weighted by atomic mass is 35.5. The van der Waals surface area contributed by atoms with E-state index in [9.17, 15) is 17.6 Å². The van der Waals surface area contributed by atoms with Gasteiger partial charge in [-0.25, -0.2) is 4.39 Å². The van der Waals surface area contributed by atoms with Gasteiger partial charge in [0, 0.05) is 11.6 Å². The molecule has 6 heteroatoms. The molecule has 0 amide bonds. The van der Waals surface area contributed by atoms with Crippen LogP contribution in [0.1, 0.15) is 36.9 Å². The van der Waals surface area contributed by atoms with Crippen molar-refractivity contribution in [1.82, 2.24) is 0 Å². The van der Waals surface area contributed by atoms with Crippen molar-refractivity contribution in [2.24, 2.45) is 5.73 Å². The van der Waals surface area contributed by atoms with Crippen LogP contribution >= 0.6 is 12.4 Å². The van der Waals surface area contributed by atoms with Crippen LogP contribution < -0.4 is 5.73 Å². The minimum atomic E-state index is -4.67. The van der Waals surface area contributed by atoms with E-state index >= 15 is 0 Å². The number of benzene rings is 1. The number of rotatable bonds is 3. The summed E-state index contributed by atoms with van der Waals surface area (Å²) in [4.78, 5) is 0. The maximum atomic E-state index is 13.5. The topological polar surface area (TPSA) is 26.0 Å². The Morgan fingerprint density at radius 3 is 2.35 bits per heavy atom. The third kappa shape index (κ3) is 3.85. The average molecular weight is 272 g/mol. The van der Waals surface area contributed by atoms with Crippen molar-refractivity contribution in [2.75, 3.05) is 0 Å². The van der Waals surface area contributed by atoms with Crippen LogP contribution in [0.2, 0.25) is 0 Å². The maximum absolute atomic E-state index is 13.5. The number of hydrogen-bond acceptors (Lipinski definition) is 1. The molecule has 0 saturated carbocycles. The molecule has 0 bridgehead atoms. The molecule has 0 fully saturated rings. The lowest BCUT2D eigenvalue weighted by Crippen LogP contribution is -2.16. The fourth-order valence-corrected chi connectivity index (χ4v) is 1.52. The predicted molar refractivity (Wildman–Crippen MR) is 60.5 cm³/mol. The number of hydrogen-bond donors (Lipinski definition) is 1. The largest absolute Gasteiger partial charge is 0.419 e. The molecule has 0 aliphatic heterocycles. The molecular formula is C11H14ClF4N. The number of alkyl halides is 3. The number of halogens is 5. The zero-order valence-electron chi connectivity index (χ0n) is 9.22. The first-order chi connectivity index (χ1) is 7.38. The van der Waals surface area contributed by atoms with E-state index in [1.165, 1.54) is 12.1 Å². The lowest BCUT2D eigenvalue weighted by molar-refractivity contribution is -0.140. The van der Waals surface area contributed by atoms with Crippen molar-refractivity contribution >= 4 is 12.4 Å². The normalized spacial score (nSPS) is 13.1. The minimum absolute atomic E-state index is 0. The third-order valence-corrected chi connectivity index (χ3v) is 2.33. The Hall–Kier alpha value is -0.810. The monoisotopic (exact) mass is 271 g/mol. The summed E-state index contributed by atoms with van der Waals surface area (Å²) in [5, 5.41) is 0. The standard InChI is InChI=1S/C11H13F4N.ClH/c1-2-4-9(16)7-5-3-6-8(10(7)12)11(13,14)15;/h3,5-6,9H,2,4,16H2,1H3;1H/t9-;/m0./s1. The molecule has 0 radical (unpaired) electrons. The van der Waals surface area contributed by atoms with Gasteiger partial charge in [-0.2, -0.15) is 13.2 Å². The molecule has 0 aliphatic rings. The highest BCUT2D eigenvalue weighted by Crippen LogP contribution is 2.34. The Labute approximate surface area is 103 Å². The lowest BCUT2D eigenvalue weighted by Gasteiger charge is -2.15. The highest BCUT2D eigenvalue weighted by Gasteiger charge is 2.35. The first-order valence-electron chi connectivity index (χ1n) is 4.99. The Balaban J connectivity index is 0.00000256. The molecule has 0 aromatic heterocycles. The summed E-state index contributed by atoms with van der Waals surface area (Å²) in [5.41, 5.74) is 4.29. The van der Waals surface area contributed by atoms with Crippen LogP contribution in [0.4, 0.5) is 17.6 Å². The Bertz CT molecular complexity index is 365. The minimum Gasteiger partial charge on any atom is -0.324 e. The van der Waals surface area contributed by atoms with E-state index in [2.05, 4.69) is 0 Å². The van der Waals surface area contributed by atoms with Gasteiger partial charge < -0.3 is 5.73 Å². The SMILES string of the molecule is CCC[C@H](N)c1cccc(C(F)(F)F)c1F.Cl. The maximum Gasteiger partial charge on any atom is 0.419 e. The molecule has 1 aromatic rings. The Morgan fingerprint density at radius 2 is 1.88 bits per heavy atom. The zero-order valence-corrected chi connectivity index (χ0v) is 10.0. The van der Waals surface area contributed by atoms with Crippen molar-refractivity contribution in [3.8, 4) is 0 Å². The Morgan fingerprint density at radius 1 is 1.29 bits per heavy atom. The molecule has 2 N–H and O–H groups in total. The van der Waals surface area contributed by atoms with Crippen molar-refractivity contribution in [3.05, 3.63) is 35.1 Å². The second-order valence-corrected chi connectivity index (χ2v) is 3.60. The molecule has 1 atom stereocenters. The van der Waals surface area contributed by atoms with E-state index in [-0.39, 0.29) is 18.0 Å². The second-order valence-electron chi connectivity index (χ2n) is 3.60. The molecule has 0 unspecified atom stereocenters. The predicted octanol–water partition coefficient (Wildman–Crippen LogP) is 4.07. The van der Waals surface area contributed by atoms with Crippen LogP contribution in [0, 0.1) is 5.82 Å². The summed E-state index contributed by atoms with van der Waals surface area (Å²) >= 11 is 0. The van der Waals surface area contributed by atoms with Gasteiger partial charge in [0.15, 0.2) is 0 Å². The summed E-state index contributed by atoms with van der Waals surface area (Å²) in [6.45, 7) is 1.84. The van der Waals surface area contributed by atoms with Crippen molar-refractivity contribution in [1.29, 1.82) is 0 Å². The van der Waals surface area contributed by atoms with Crippen molar-refractivity contribution in [3.63, 3.8) is 0 Å². The molecule has 1 rings (SSSR count). The third-order valence-electron chi connectivity index (χ3n) is 2.33. The molecule has 1 nitrogen and oxygen atoms in total. The van der Waals surface area contributed by atoms with Gasteiger partial charge in [0.2, 0.25) is 0 Å². The summed E-state index contributed by atoms with van der Waals surface area (Å²) in [6.07, 6.45) is -3.53. The van der Waals surface area contributed by atoms with Crippen molar-refractivity contribution < 1.29 is 17.6 Å². The van der Waals surface area contributed by atoms with Gasteiger partial charge in [-0.15, -0.1) is 12.4 Å². The zero-order chi connectivity index (χ0) is 12.3. The first kappa shape index (κ1) is 16.2. The van der Waals surface area contributed by atoms with E-state index in [1.54, 1.807) is 0 Å². The smallest absolute Gasteiger partial charge is 0.324 e. The van der Waals surface area contributed by atoms with E-state index in [1.807, 2.05) is 6.92 Å². The molecular weight excluding hydrogens is 258 g/mol. The van der Waals surface area contributed by atoms with Crippen molar-refractivity contribution in [2.45, 2.75) is 32.0 Å². The Kier molecular flexibility index (Phi) is 5.92. The van der Waals surface area contributed by atoms with E-state index in [0.29, 0.717) is 12.8 Å². The van der Waals surface area contributed by atoms with E-state index < -0.39 is 23.6 Å². The fraction of sp³-hybridized carbons (Fsp3) is 0.455. The van der Waals surface area contributed by atoms with Crippen LogP contribution in [-0.4, -0.2) is 0 Å². The molecule has 98 valence electrons. The summed E-state index contributed by atoms with van der Waals surface area (Å²) in [6, 6.07) is 2.51. The second kappa shape index (κ2) is 6.21. The van der Waals surface area contributed by atoms with Gasteiger partial charge in [0.25, 0.3) is 0 Å². The van der Waals surface area contributed by atoms with Gasteiger partial charge in [0.1, 0.15) is 5.82 Å².